The summed E-state index contributed by atoms with van der Waals surface area (Å²) in [6.45, 7) is 2.16. The summed E-state index contributed by atoms with van der Waals surface area (Å²) < 4.78 is 35.8. The summed E-state index contributed by atoms with van der Waals surface area (Å²) in [4.78, 5) is 13.4. The predicted molar refractivity (Wildman–Crippen MR) is 151 cm³/mol. The largest absolute Gasteiger partial charge is 0.486 e. The third kappa shape index (κ3) is 4.31. The quantitative estimate of drug-likeness (QED) is 0.295. The molecule has 0 aliphatic carbocycles. The molecule has 0 aliphatic rings. The molecule has 9 heteroatoms. The van der Waals surface area contributed by atoms with Gasteiger partial charge in [-0.1, -0.05) is 48.0 Å². The zero-order valence-corrected chi connectivity index (χ0v) is 22.1. The number of nitrogens with one attached hydrogen (secondary N) is 1. The number of nitrogens with zero attached hydrogens (tertiary/aromatic N) is 2. The van der Waals surface area contributed by atoms with E-state index in [0.717, 1.165) is 15.1 Å². The van der Waals surface area contributed by atoms with Crippen LogP contribution < -0.4 is 21.3 Å². The van der Waals surface area contributed by atoms with E-state index in [1.165, 1.54) is 22.9 Å². The van der Waals surface area contributed by atoms with Gasteiger partial charge in [0.25, 0.3) is 15.6 Å². The fraction of sp³-hybridized carbons (Fsp3) is 0.138. The van der Waals surface area contributed by atoms with Gasteiger partial charge in [0.15, 0.2) is 5.75 Å². The molecule has 0 spiro atoms. The average molecular weight is 529 g/mol. The zero-order valence-electron chi connectivity index (χ0n) is 21.3. The molecule has 0 amide bonds. The summed E-state index contributed by atoms with van der Waals surface area (Å²) in [5, 5.41) is 3.55. The molecule has 0 saturated heterocycles. The Bertz CT molecular complexity index is 1810. The molecule has 0 unspecified atom stereocenters. The Morgan fingerprint density at radius 2 is 1.66 bits per heavy atom. The van der Waals surface area contributed by atoms with Gasteiger partial charge in [-0.25, -0.2) is 12.4 Å². The van der Waals surface area contributed by atoms with Gasteiger partial charge in [-0.05, 0) is 42.8 Å². The van der Waals surface area contributed by atoms with E-state index in [1.807, 2.05) is 49.4 Å². The monoisotopic (exact) mass is 528 g/mol. The van der Waals surface area contributed by atoms with E-state index in [2.05, 4.69) is 5.32 Å². The molecule has 3 N–H and O–H groups in total. The zero-order chi connectivity index (χ0) is 27.0. The van der Waals surface area contributed by atoms with Crippen LogP contribution in [0, 0.1) is 6.92 Å². The van der Waals surface area contributed by atoms with Crippen molar-refractivity contribution < 1.29 is 13.2 Å². The maximum atomic E-state index is 13.6. The number of nitrogen functional groups attached to an aromatic ring is 1. The summed E-state index contributed by atoms with van der Waals surface area (Å²) in [5.74, 6) is 0.440. The number of benzene rings is 3. The highest BCUT2D eigenvalue weighted by atomic mass is 32.2. The van der Waals surface area contributed by atoms with E-state index in [0.29, 0.717) is 33.6 Å². The molecule has 0 radical (unpaired) electrons. The SMILES string of the molecule is CNc1ccc(-c2cn(C)c(=O)c3c2ccn3S(=O)(=O)c2ccc(C)cc2)c(OCc2ccccc2)c1N. The van der Waals surface area contributed by atoms with Crippen molar-refractivity contribution in [3.63, 3.8) is 0 Å². The van der Waals surface area contributed by atoms with Crippen molar-refractivity contribution in [2.75, 3.05) is 18.1 Å². The molecular weight excluding hydrogens is 500 g/mol. The molecule has 3 aromatic carbocycles. The van der Waals surface area contributed by atoms with Crippen molar-refractivity contribution in [1.29, 1.82) is 0 Å². The third-order valence-corrected chi connectivity index (χ3v) is 8.24. The second kappa shape index (κ2) is 9.75. The number of hydrogen-bond donors (Lipinski definition) is 2. The maximum Gasteiger partial charge on any atom is 0.275 e. The smallest absolute Gasteiger partial charge is 0.275 e. The number of hydrogen-bond acceptors (Lipinski definition) is 6. The molecule has 0 aliphatic heterocycles. The molecule has 0 bridgehead atoms. The van der Waals surface area contributed by atoms with Gasteiger partial charge in [0.05, 0.1) is 16.3 Å². The Kier molecular flexibility index (Phi) is 6.46. The number of rotatable bonds is 7. The lowest BCUT2D eigenvalue weighted by atomic mass is 10.0. The minimum atomic E-state index is -4.02. The summed E-state index contributed by atoms with van der Waals surface area (Å²) in [7, 11) is -0.650. The average Bonchev–Trinajstić information content (AvgIpc) is 3.37. The summed E-state index contributed by atoms with van der Waals surface area (Å²) >= 11 is 0. The molecule has 5 rings (SSSR count). The number of ether oxygens (including phenoxy) is 1. The number of anilines is 2. The lowest BCUT2D eigenvalue weighted by Gasteiger charge is -2.18. The fourth-order valence-electron chi connectivity index (χ4n) is 4.48. The molecular formula is C29H28N4O4S. The molecule has 2 heterocycles. The lowest BCUT2D eigenvalue weighted by molar-refractivity contribution is 0.309. The molecule has 0 atom stereocenters. The molecule has 194 valence electrons. The first-order valence-corrected chi connectivity index (χ1v) is 13.5. The van der Waals surface area contributed by atoms with E-state index in [9.17, 15) is 13.2 Å². The number of pyridine rings is 1. The Balaban J connectivity index is 1.71. The minimum Gasteiger partial charge on any atom is -0.486 e. The van der Waals surface area contributed by atoms with Crippen LogP contribution in [0.5, 0.6) is 5.75 Å². The summed E-state index contributed by atoms with van der Waals surface area (Å²) in [5.41, 5.74) is 10.4. The van der Waals surface area contributed by atoms with Gasteiger partial charge in [-0.3, -0.25) is 4.79 Å². The van der Waals surface area contributed by atoms with Gasteiger partial charge in [-0.2, -0.15) is 0 Å². The second-order valence-corrected chi connectivity index (χ2v) is 10.9. The van der Waals surface area contributed by atoms with Crippen molar-refractivity contribution in [3.8, 4) is 16.9 Å². The number of aromatic nitrogens is 2. The predicted octanol–water partition coefficient (Wildman–Crippen LogP) is 4.76. The van der Waals surface area contributed by atoms with Crippen LogP contribution in [0.25, 0.3) is 22.0 Å². The van der Waals surface area contributed by atoms with Gasteiger partial charge in [0.2, 0.25) is 0 Å². The van der Waals surface area contributed by atoms with Crippen LogP contribution in [-0.4, -0.2) is 24.0 Å². The topological polar surface area (TPSA) is 108 Å². The van der Waals surface area contributed by atoms with Crippen molar-refractivity contribution in [2.45, 2.75) is 18.4 Å². The Hall–Kier alpha value is -4.50. The van der Waals surface area contributed by atoms with E-state index < -0.39 is 15.6 Å². The van der Waals surface area contributed by atoms with Gasteiger partial charge in [0.1, 0.15) is 12.1 Å². The molecule has 5 aromatic rings. The molecule has 8 nitrogen and oxygen atoms in total. The van der Waals surface area contributed by atoms with E-state index in [4.69, 9.17) is 10.5 Å². The maximum absolute atomic E-state index is 13.6. The van der Waals surface area contributed by atoms with E-state index >= 15 is 0 Å². The van der Waals surface area contributed by atoms with Gasteiger partial charge >= 0.3 is 0 Å². The lowest BCUT2D eigenvalue weighted by Crippen LogP contribution is -2.22. The van der Waals surface area contributed by atoms with E-state index in [-0.39, 0.29) is 17.0 Å². The van der Waals surface area contributed by atoms with Crippen molar-refractivity contribution in [2.24, 2.45) is 7.05 Å². The van der Waals surface area contributed by atoms with Crippen molar-refractivity contribution in [1.82, 2.24) is 8.54 Å². The third-order valence-electron chi connectivity index (χ3n) is 6.55. The van der Waals surface area contributed by atoms with Crippen LogP contribution in [0.1, 0.15) is 11.1 Å². The molecule has 38 heavy (non-hydrogen) atoms. The summed E-state index contributed by atoms with van der Waals surface area (Å²) in [6.07, 6.45) is 3.09. The van der Waals surface area contributed by atoms with E-state index in [1.54, 1.807) is 38.5 Å². The Morgan fingerprint density at radius 3 is 2.34 bits per heavy atom. The Morgan fingerprint density at radius 1 is 0.947 bits per heavy atom. The molecule has 2 aromatic heterocycles. The number of fused-ring (bicyclic) bond motifs is 1. The van der Waals surface area contributed by atoms with Crippen LogP contribution in [0.4, 0.5) is 11.4 Å². The number of aryl methyl sites for hydroxylation is 2. The van der Waals surface area contributed by atoms with Gasteiger partial charge < -0.3 is 20.4 Å². The fourth-order valence-corrected chi connectivity index (χ4v) is 5.83. The number of nitrogens with two attached hydrogens (primary N) is 1. The van der Waals surface area contributed by atoms with Crippen LogP contribution in [-0.2, 0) is 23.7 Å². The second-order valence-electron chi connectivity index (χ2n) is 9.08. The minimum absolute atomic E-state index is 0.0517. The molecule has 0 saturated carbocycles. The highest BCUT2D eigenvalue weighted by molar-refractivity contribution is 7.90. The van der Waals surface area contributed by atoms with Crippen molar-refractivity contribution >= 4 is 32.3 Å². The van der Waals surface area contributed by atoms with Crippen LogP contribution >= 0.6 is 0 Å². The first kappa shape index (κ1) is 25.2. The first-order chi connectivity index (χ1) is 18.2. The first-order valence-electron chi connectivity index (χ1n) is 12.0. The van der Waals surface area contributed by atoms with Crippen LogP contribution in [0.2, 0.25) is 0 Å². The van der Waals surface area contributed by atoms with Crippen LogP contribution in [0.15, 0.2) is 94.9 Å². The standard InChI is InChI=1S/C29H28N4O4S/c1-19-9-11-21(12-10-19)38(35,36)33-16-15-22-24(17-32(3)29(34)27(22)33)23-13-14-25(31-2)26(30)28(23)37-18-20-7-5-4-6-8-20/h4-17,31H,18,30H2,1-3H3. The van der Waals surface area contributed by atoms with Gasteiger partial charge in [0, 0.05) is 43.0 Å². The van der Waals surface area contributed by atoms with Crippen molar-refractivity contribution in [3.05, 3.63) is 107 Å². The molecule has 0 fully saturated rings. The van der Waals surface area contributed by atoms with Gasteiger partial charge in [-0.15, -0.1) is 0 Å². The summed E-state index contributed by atoms with van der Waals surface area (Å²) in [6, 6.07) is 21.6. The normalized spacial score (nSPS) is 11.6. The highest BCUT2D eigenvalue weighted by Gasteiger charge is 2.24. The highest BCUT2D eigenvalue weighted by Crippen LogP contribution is 2.42. The van der Waals surface area contributed by atoms with Crippen LogP contribution in [0.3, 0.4) is 0 Å². The Labute approximate surface area is 221 Å².